The SMILES string of the molecule is CCN(C)C(=O)CNC(=O)C1CCCC(N)C1C. The van der Waals surface area contributed by atoms with Crippen LogP contribution in [-0.4, -0.2) is 42.9 Å². The smallest absolute Gasteiger partial charge is 0.241 e. The van der Waals surface area contributed by atoms with E-state index in [-0.39, 0.29) is 36.2 Å². The maximum Gasteiger partial charge on any atom is 0.241 e. The molecule has 18 heavy (non-hydrogen) atoms. The molecule has 0 radical (unpaired) electrons. The zero-order valence-corrected chi connectivity index (χ0v) is 11.6. The zero-order valence-electron chi connectivity index (χ0n) is 11.6. The van der Waals surface area contributed by atoms with Crippen LogP contribution in [0.5, 0.6) is 0 Å². The first kappa shape index (κ1) is 15.0. The summed E-state index contributed by atoms with van der Waals surface area (Å²) in [5.74, 6) is 0.0559. The largest absolute Gasteiger partial charge is 0.347 e. The van der Waals surface area contributed by atoms with Gasteiger partial charge < -0.3 is 16.0 Å². The Balaban J connectivity index is 2.43. The number of nitrogens with one attached hydrogen (secondary N) is 1. The zero-order chi connectivity index (χ0) is 13.7. The number of hydrogen-bond donors (Lipinski definition) is 2. The molecule has 0 bridgehead atoms. The second kappa shape index (κ2) is 6.73. The molecule has 0 aromatic heterocycles. The van der Waals surface area contributed by atoms with E-state index in [0.29, 0.717) is 6.54 Å². The van der Waals surface area contributed by atoms with Crippen molar-refractivity contribution >= 4 is 11.8 Å². The number of carbonyl (C=O) groups excluding carboxylic acids is 2. The maximum absolute atomic E-state index is 12.0. The van der Waals surface area contributed by atoms with Crippen LogP contribution in [0.2, 0.25) is 0 Å². The lowest BCUT2D eigenvalue weighted by atomic mass is 9.77. The third-order valence-electron chi connectivity index (χ3n) is 4.01. The predicted octanol–water partition coefficient (Wildman–Crippen LogP) is 0.344. The van der Waals surface area contributed by atoms with E-state index in [1.165, 1.54) is 0 Å². The maximum atomic E-state index is 12.0. The van der Waals surface area contributed by atoms with Crippen LogP contribution in [0.25, 0.3) is 0 Å². The van der Waals surface area contributed by atoms with E-state index in [1.54, 1.807) is 11.9 Å². The van der Waals surface area contributed by atoms with Gasteiger partial charge in [0.15, 0.2) is 0 Å². The lowest BCUT2D eigenvalue weighted by Gasteiger charge is -2.32. The molecule has 1 fully saturated rings. The molecule has 3 atom stereocenters. The highest BCUT2D eigenvalue weighted by Gasteiger charge is 2.32. The first-order valence-electron chi connectivity index (χ1n) is 6.74. The average molecular weight is 255 g/mol. The van der Waals surface area contributed by atoms with Crippen LogP contribution >= 0.6 is 0 Å². The molecule has 1 aliphatic rings. The number of hydrogen-bond acceptors (Lipinski definition) is 3. The molecule has 0 spiro atoms. The Morgan fingerprint density at radius 1 is 1.39 bits per heavy atom. The lowest BCUT2D eigenvalue weighted by molar-refractivity contribution is -0.134. The molecule has 1 saturated carbocycles. The van der Waals surface area contributed by atoms with Crippen molar-refractivity contribution in [3.63, 3.8) is 0 Å². The molecule has 0 aromatic carbocycles. The van der Waals surface area contributed by atoms with Crippen molar-refractivity contribution in [2.24, 2.45) is 17.6 Å². The van der Waals surface area contributed by atoms with E-state index in [4.69, 9.17) is 5.73 Å². The first-order valence-corrected chi connectivity index (χ1v) is 6.74. The Hall–Kier alpha value is -1.10. The molecular weight excluding hydrogens is 230 g/mol. The second-order valence-electron chi connectivity index (χ2n) is 5.19. The van der Waals surface area contributed by atoms with E-state index in [1.807, 2.05) is 13.8 Å². The summed E-state index contributed by atoms with van der Waals surface area (Å²) in [5.41, 5.74) is 5.98. The van der Waals surface area contributed by atoms with Gasteiger partial charge in [0.1, 0.15) is 0 Å². The van der Waals surface area contributed by atoms with E-state index < -0.39 is 0 Å². The van der Waals surface area contributed by atoms with Crippen molar-refractivity contribution < 1.29 is 9.59 Å². The lowest BCUT2D eigenvalue weighted by Crippen LogP contribution is -2.46. The van der Waals surface area contributed by atoms with Crippen LogP contribution in [0.3, 0.4) is 0 Å². The number of nitrogens with zero attached hydrogens (tertiary/aromatic N) is 1. The standard InChI is InChI=1S/C13H25N3O2/c1-4-16(3)12(17)8-15-13(18)10-6-5-7-11(14)9(10)2/h9-11H,4-8,14H2,1-3H3,(H,15,18). The van der Waals surface area contributed by atoms with Gasteiger partial charge in [-0.1, -0.05) is 13.3 Å². The monoisotopic (exact) mass is 255 g/mol. The van der Waals surface area contributed by atoms with Gasteiger partial charge >= 0.3 is 0 Å². The van der Waals surface area contributed by atoms with Gasteiger partial charge in [-0.25, -0.2) is 0 Å². The topological polar surface area (TPSA) is 75.4 Å². The summed E-state index contributed by atoms with van der Waals surface area (Å²) in [5, 5.41) is 2.73. The van der Waals surface area contributed by atoms with Crippen molar-refractivity contribution in [2.45, 2.75) is 39.2 Å². The molecular formula is C13H25N3O2. The van der Waals surface area contributed by atoms with Crippen LogP contribution in [0.15, 0.2) is 0 Å². The summed E-state index contributed by atoms with van der Waals surface area (Å²) in [7, 11) is 1.73. The summed E-state index contributed by atoms with van der Waals surface area (Å²) in [4.78, 5) is 25.2. The molecule has 0 heterocycles. The third-order valence-corrected chi connectivity index (χ3v) is 4.01. The van der Waals surface area contributed by atoms with Gasteiger partial charge in [-0.2, -0.15) is 0 Å². The highest BCUT2D eigenvalue weighted by molar-refractivity contribution is 5.85. The summed E-state index contributed by atoms with van der Waals surface area (Å²) < 4.78 is 0. The minimum atomic E-state index is -0.0568. The molecule has 3 N–H and O–H groups in total. The Kier molecular flexibility index (Phi) is 5.59. The van der Waals surface area contributed by atoms with Crippen LogP contribution < -0.4 is 11.1 Å². The molecule has 5 heteroatoms. The molecule has 0 aromatic rings. The van der Waals surface area contributed by atoms with E-state index in [0.717, 1.165) is 19.3 Å². The Morgan fingerprint density at radius 3 is 2.67 bits per heavy atom. The second-order valence-corrected chi connectivity index (χ2v) is 5.19. The van der Waals surface area contributed by atoms with Crippen LogP contribution in [0.4, 0.5) is 0 Å². The fourth-order valence-corrected chi connectivity index (χ4v) is 2.37. The molecule has 0 saturated heterocycles. The van der Waals surface area contributed by atoms with Crippen molar-refractivity contribution in [1.29, 1.82) is 0 Å². The number of carbonyl (C=O) groups is 2. The van der Waals surface area contributed by atoms with Gasteiger partial charge in [0.05, 0.1) is 6.54 Å². The third kappa shape index (κ3) is 3.70. The van der Waals surface area contributed by atoms with Crippen LogP contribution in [-0.2, 0) is 9.59 Å². The van der Waals surface area contributed by atoms with E-state index in [2.05, 4.69) is 5.32 Å². The predicted molar refractivity (Wildman–Crippen MR) is 70.8 cm³/mol. The molecule has 2 amide bonds. The summed E-state index contributed by atoms with van der Waals surface area (Å²) in [6.07, 6.45) is 2.85. The highest BCUT2D eigenvalue weighted by Crippen LogP contribution is 2.28. The van der Waals surface area contributed by atoms with Crippen molar-refractivity contribution in [3.05, 3.63) is 0 Å². The molecule has 3 unspecified atom stereocenters. The minimum Gasteiger partial charge on any atom is -0.347 e. The normalized spacial score (nSPS) is 27.7. The average Bonchev–Trinajstić information content (AvgIpc) is 2.37. The van der Waals surface area contributed by atoms with Gasteiger partial charge in [0.25, 0.3) is 0 Å². The number of rotatable bonds is 4. The van der Waals surface area contributed by atoms with E-state index >= 15 is 0 Å². The Bertz CT molecular complexity index is 307. The fourth-order valence-electron chi connectivity index (χ4n) is 2.37. The first-order chi connectivity index (χ1) is 8.47. The Morgan fingerprint density at radius 2 is 2.06 bits per heavy atom. The molecule has 104 valence electrons. The van der Waals surface area contributed by atoms with Gasteiger partial charge in [0.2, 0.25) is 11.8 Å². The molecule has 1 rings (SSSR count). The minimum absolute atomic E-state index is 0.0319. The summed E-state index contributed by atoms with van der Waals surface area (Å²) in [6.45, 7) is 4.66. The van der Waals surface area contributed by atoms with Crippen LogP contribution in [0.1, 0.15) is 33.1 Å². The Labute approximate surface area is 109 Å². The van der Waals surface area contributed by atoms with Gasteiger partial charge in [-0.3, -0.25) is 9.59 Å². The van der Waals surface area contributed by atoms with Crippen molar-refractivity contribution in [3.8, 4) is 0 Å². The van der Waals surface area contributed by atoms with Crippen molar-refractivity contribution in [1.82, 2.24) is 10.2 Å². The van der Waals surface area contributed by atoms with Gasteiger partial charge in [0, 0.05) is 25.6 Å². The molecule has 0 aliphatic heterocycles. The summed E-state index contributed by atoms with van der Waals surface area (Å²) >= 11 is 0. The highest BCUT2D eigenvalue weighted by atomic mass is 16.2. The van der Waals surface area contributed by atoms with Gasteiger partial charge in [-0.15, -0.1) is 0 Å². The quantitative estimate of drug-likeness (QED) is 0.761. The van der Waals surface area contributed by atoms with Crippen molar-refractivity contribution in [2.75, 3.05) is 20.1 Å². The fraction of sp³-hybridized carbons (Fsp3) is 0.846. The number of likely N-dealkylation sites (N-methyl/N-ethyl adjacent to an activating group) is 1. The van der Waals surface area contributed by atoms with Gasteiger partial charge in [-0.05, 0) is 25.7 Å². The number of nitrogens with two attached hydrogens (primary N) is 1. The summed E-state index contributed by atoms with van der Waals surface area (Å²) in [6, 6.07) is 0.100. The van der Waals surface area contributed by atoms with E-state index in [9.17, 15) is 9.59 Å². The molecule has 5 nitrogen and oxygen atoms in total. The number of amides is 2. The molecule has 1 aliphatic carbocycles. The van der Waals surface area contributed by atoms with Crippen LogP contribution in [0, 0.1) is 11.8 Å².